The lowest BCUT2D eigenvalue weighted by Crippen LogP contribution is -2.05. The molecule has 1 aromatic carbocycles. The molecule has 0 radical (unpaired) electrons. The van der Waals surface area contributed by atoms with Gasteiger partial charge in [-0.05, 0) is 40.2 Å². The van der Waals surface area contributed by atoms with Gasteiger partial charge < -0.3 is 9.15 Å². The van der Waals surface area contributed by atoms with Crippen molar-refractivity contribution in [2.75, 3.05) is 0 Å². The van der Waals surface area contributed by atoms with Crippen LogP contribution in [0.2, 0.25) is 0 Å². The highest BCUT2D eigenvalue weighted by atomic mass is 79.9. The first-order valence-electron chi connectivity index (χ1n) is 4.92. The third-order valence-corrected chi connectivity index (χ3v) is 3.07. The Hall–Kier alpha value is -1.14. The minimum absolute atomic E-state index is 0.0689. The van der Waals surface area contributed by atoms with Crippen LogP contribution in [-0.2, 0) is 11.3 Å². The molecule has 3 nitrogen and oxygen atoms in total. The normalized spacial score (nSPS) is 10.4. The van der Waals surface area contributed by atoms with E-state index in [1.54, 1.807) is 18.2 Å². The van der Waals surface area contributed by atoms with Gasteiger partial charge in [0.2, 0.25) is 5.76 Å². The first kappa shape index (κ1) is 13.3. The molecule has 0 atom stereocenters. The van der Waals surface area contributed by atoms with Gasteiger partial charge in [-0.1, -0.05) is 22.0 Å². The van der Waals surface area contributed by atoms with Crippen LogP contribution in [0.15, 0.2) is 43.9 Å². The SMILES string of the molecule is O=C(OCc1ccc(Br)cc1F)c1ccc(Br)o1. The average molecular weight is 378 g/mol. The molecule has 0 aliphatic rings. The Morgan fingerprint density at radius 1 is 1.28 bits per heavy atom. The summed E-state index contributed by atoms with van der Waals surface area (Å²) in [5.41, 5.74) is 0.303. The van der Waals surface area contributed by atoms with E-state index < -0.39 is 11.8 Å². The minimum Gasteiger partial charge on any atom is -0.455 e. The minimum atomic E-state index is -0.636. The van der Waals surface area contributed by atoms with Crippen molar-refractivity contribution in [1.82, 2.24) is 0 Å². The summed E-state index contributed by atoms with van der Waals surface area (Å²) in [4.78, 5) is 11.5. The van der Waals surface area contributed by atoms with Crippen molar-refractivity contribution in [1.29, 1.82) is 0 Å². The predicted molar refractivity (Wildman–Crippen MR) is 69.6 cm³/mol. The van der Waals surface area contributed by atoms with Crippen molar-refractivity contribution < 1.29 is 18.3 Å². The third kappa shape index (κ3) is 3.20. The molecule has 0 saturated carbocycles. The summed E-state index contributed by atoms with van der Waals surface area (Å²) in [6, 6.07) is 7.59. The molecule has 6 heteroatoms. The van der Waals surface area contributed by atoms with Crippen molar-refractivity contribution in [2.24, 2.45) is 0 Å². The number of ether oxygens (including phenoxy) is 1. The molecular weight excluding hydrogens is 371 g/mol. The van der Waals surface area contributed by atoms with E-state index in [4.69, 9.17) is 9.15 Å². The summed E-state index contributed by atoms with van der Waals surface area (Å²) in [6.45, 7) is -0.143. The third-order valence-electron chi connectivity index (χ3n) is 2.15. The van der Waals surface area contributed by atoms with Gasteiger partial charge in [0.05, 0.1) is 0 Å². The second-order valence-corrected chi connectivity index (χ2v) is 5.11. The Kier molecular flexibility index (Phi) is 4.19. The van der Waals surface area contributed by atoms with Gasteiger partial charge >= 0.3 is 5.97 Å². The molecule has 1 heterocycles. The monoisotopic (exact) mass is 376 g/mol. The fourth-order valence-electron chi connectivity index (χ4n) is 1.28. The van der Waals surface area contributed by atoms with Crippen LogP contribution in [0.4, 0.5) is 4.39 Å². The standard InChI is InChI=1S/C12H7Br2FO3/c13-8-2-1-7(9(15)5-8)6-17-12(16)10-3-4-11(14)18-10/h1-5H,6H2. The zero-order chi connectivity index (χ0) is 13.1. The van der Waals surface area contributed by atoms with Gasteiger partial charge in [0.25, 0.3) is 0 Å². The second kappa shape index (κ2) is 5.67. The van der Waals surface area contributed by atoms with Gasteiger partial charge in [-0.2, -0.15) is 0 Å². The number of carbonyl (C=O) groups excluding carboxylic acids is 1. The molecule has 0 saturated heterocycles. The maximum atomic E-state index is 13.5. The van der Waals surface area contributed by atoms with Crippen molar-refractivity contribution in [3.8, 4) is 0 Å². The van der Waals surface area contributed by atoms with Crippen molar-refractivity contribution in [3.05, 3.63) is 56.6 Å². The summed E-state index contributed by atoms with van der Waals surface area (Å²) < 4.78 is 24.5. The van der Waals surface area contributed by atoms with E-state index in [9.17, 15) is 9.18 Å². The van der Waals surface area contributed by atoms with Crippen molar-refractivity contribution in [2.45, 2.75) is 6.61 Å². The number of benzene rings is 1. The molecule has 0 unspecified atom stereocenters. The van der Waals surface area contributed by atoms with E-state index in [2.05, 4.69) is 31.9 Å². The molecule has 0 spiro atoms. The molecule has 18 heavy (non-hydrogen) atoms. The van der Waals surface area contributed by atoms with E-state index in [-0.39, 0.29) is 12.4 Å². The lowest BCUT2D eigenvalue weighted by Gasteiger charge is -2.04. The number of rotatable bonds is 3. The Morgan fingerprint density at radius 2 is 2.06 bits per heavy atom. The van der Waals surface area contributed by atoms with Gasteiger partial charge in [0.1, 0.15) is 12.4 Å². The van der Waals surface area contributed by atoms with E-state index in [1.165, 1.54) is 12.1 Å². The van der Waals surface area contributed by atoms with Crippen LogP contribution < -0.4 is 0 Å². The predicted octanol–water partition coefficient (Wildman–Crippen LogP) is 4.30. The molecule has 0 N–H and O–H groups in total. The molecule has 94 valence electrons. The smallest absolute Gasteiger partial charge is 0.374 e. The van der Waals surface area contributed by atoms with Crippen LogP contribution >= 0.6 is 31.9 Å². The lowest BCUT2D eigenvalue weighted by atomic mass is 10.2. The summed E-state index contributed by atoms with van der Waals surface area (Å²) >= 11 is 6.22. The van der Waals surface area contributed by atoms with E-state index in [0.717, 1.165) is 0 Å². The van der Waals surface area contributed by atoms with Crippen LogP contribution in [-0.4, -0.2) is 5.97 Å². The summed E-state index contributed by atoms with van der Waals surface area (Å²) in [5.74, 6) is -1.000. The number of hydrogen-bond acceptors (Lipinski definition) is 3. The summed E-state index contributed by atoms with van der Waals surface area (Å²) in [6.07, 6.45) is 0. The highest BCUT2D eigenvalue weighted by Gasteiger charge is 2.13. The molecule has 1 aromatic heterocycles. The number of halogens is 3. The molecule has 0 aliphatic heterocycles. The average Bonchev–Trinajstić information content (AvgIpc) is 2.74. The first-order chi connectivity index (χ1) is 8.56. The lowest BCUT2D eigenvalue weighted by molar-refractivity contribution is 0.0431. The number of esters is 1. The number of carbonyl (C=O) groups is 1. The molecule has 0 fully saturated rings. The molecule has 2 aromatic rings. The van der Waals surface area contributed by atoms with E-state index in [0.29, 0.717) is 14.7 Å². The second-order valence-electron chi connectivity index (χ2n) is 3.42. The van der Waals surface area contributed by atoms with E-state index >= 15 is 0 Å². The Labute approximate surface area is 119 Å². The van der Waals surface area contributed by atoms with Gasteiger partial charge in [-0.3, -0.25) is 0 Å². The van der Waals surface area contributed by atoms with Gasteiger partial charge in [0, 0.05) is 10.0 Å². The maximum Gasteiger partial charge on any atom is 0.374 e. The summed E-state index contributed by atoms with van der Waals surface area (Å²) in [5, 5.41) is 0. The van der Waals surface area contributed by atoms with Crippen LogP contribution in [0.1, 0.15) is 16.1 Å². The molecule has 0 aliphatic carbocycles. The molecule has 2 rings (SSSR count). The highest BCUT2D eigenvalue weighted by molar-refractivity contribution is 9.10. The van der Waals surface area contributed by atoms with Crippen LogP contribution in [0.5, 0.6) is 0 Å². The number of furan rings is 1. The maximum absolute atomic E-state index is 13.5. The van der Waals surface area contributed by atoms with Crippen LogP contribution in [0, 0.1) is 5.82 Å². The Balaban J connectivity index is 2.01. The summed E-state index contributed by atoms with van der Waals surface area (Å²) in [7, 11) is 0. The fraction of sp³-hybridized carbons (Fsp3) is 0.0833. The molecule has 0 amide bonds. The largest absolute Gasteiger partial charge is 0.455 e. The highest BCUT2D eigenvalue weighted by Crippen LogP contribution is 2.18. The zero-order valence-electron chi connectivity index (χ0n) is 8.95. The van der Waals surface area contributed by atoms with Gasteiger partial charge in [-0.25, -0.2) is 9.18 Å². The van der Waals surface area contributed by atoms with Crippen LogP contribution in [0.3, 0.4) is 0 Å². The first-order valence-corrected chi connectivity index (χ1v) is 6.51. The topological polar surface area (TPSA) is 39.4 Å². The van der Waals surface area contributed by atoms with Crippen molar-refractivity contribution >= 4 is 37.8 Å². The van der Waals surface area contributed by atoms with Crippen LogP contribution in [0.25, 0.3) is 0 Å². The Bertz CT molecular complexity index is 580. The van der Waals surface area contributed by atoms with E-state index in [1.807, 2.05) is 0 Å². The Morgan fingerprint density at radius 3 is 2.67 bits per heavy atom. The molecular formula is C12H7Br2FO3. The van der Waals surface area contributed by atoms with Crippen molar-refractivity contribution in [3.63, 3.8) is 0 Å². The van der Waals surface area contributed by atoms with Gasteiger partial charge in [-0.15, -0.1) is 0 Å². The zero-order valence-corrected chi connectivity index (χ0v) is 12.1. The molecule has 0 bridgehead atoms. The number of hydrogen-bond donors (Lipinski definition) is 0. The quantitative estimate of drug-likeness (QED) is 0.748. The fourth-order valence-corrected chi connectivity index (χ4v) is 1.92. The van der Waals surface area contributed by atoms with Gasteiger partial charge in [0.15, 0.2) is 4.67 Å².